The molecule has 1 atom stereocenters. The van der Waals surface area contributed by atoms with Crippen LogP contribution in [-0.2, 0) is 11.4 Å². The van der Waals surface area contributed by atoms with Gasteiger partial charge in [0.25, 0.3) is 0 Å². The highest BCUT2D eigenvalue weighted by atomic mass is 79.9. The van der Waals surface area contributed by atoms with Gasteiger partial charge in [0.05, 0.1) is 12.5 Å². The number of benzene rings is 3. The summed E-state index contributed by atoms with van der Waals surface area (Å²) < 4.78 is 7.07. The van der Waals surface area contributed by atoms with E-state index in [9.17, 15) is 4.79 Å². The van der Waals surface area contributed by atoms with Crippen molar-refractivity contribution in [3.05, 3.63) is 94.5 Å². The van der Waals surface area contributed by atoms with Crippen LogP contribution in [0, 0.1) is 0 Å². The Bertz CT molecular complexity index is 912. The quantitative estimate of drug-likeness (QED) is 0.522. The Morgan fingerprint density at radius 3 is 2.35 bits per heavy atom. The third kappa shape index (κ3) is 3.37. The zero-order valence-corrected chi connectivity index (χ0v) is 15.7. The number of hydrogen-bond donors (Lipinski definition) is 0. The molecule has 26 heavy (non-hydrogen) atoms. The number of rotatable bonds is 5. The summed E-state index contributed by atoms with van der Waals surface area (Å²) in [7, 11) is 0. The summed E-state index contributed by atoms with van der Waals surface area (Å²) in [6, 6.07) is 25.9. The van der Waals surface area contributed by atoms with Crippen molar-refractivity contribution in [2.45, 2.75) is 19.1 Å². The first-order valence-electron chi connectivity index (χ1n) is 8.55. The predicted molar refractivity (Wildman–Crippen MR) is 106 cm³/mol. The van der Waals surface area contributed by atoms with E-state index in [-0.39, 0.29) is 11.9 Å². The minimum absolute atomic E-state index is 0.00349. The van der Waals surface area contributed by atoms with Crippen LogP contribution < -0.4 is 9.64 Å². The molecule has 3 aromatic rings. The molecule has 3 aromatic carbocycles. The molecule has 1 heterocycles. The Hall–Kier alpha value is -2.59. The van der Waals surface area contributed by atoms with E-state index in [0.29, 0.717) is 13.0 Å². The molecule has 0 aliphatic carbocycles. The molecule has 1 fully saturated rings. The summed E-state index contributed by atoms with van der Waals surface area (Å²) >= 11 is 3.52. The van der Waals surface area contributed by atoms with Gasteiger partial charge in [-0.15, -0.1) is 0 Å². The average molecular weight is 408 g/mol. The van der Waals surface area contributed by atoms with Gasteiger partial charge in [-0.25, -0.2) is 0 Å². The number of β-lactam (4-membered cyclic amide) rings is 1. The molecular weight excluding hydrogens is 390 g/mol. The van der Waals surface area contributed by atoms with Crippen molar-refractivity contribution in [2.75, 3.05) is 4.90 Å². The van der Waals surface area contributed by atoms with Gasteiger partial charge in [0.15, 0.2) is 0 Å². The van der Waals surface area contributed by atoms with Crippen molar-refractivity contribution in [3.63, 3.8) is 0 Å². The summed E-state index contributed by atoms with van der Waals surface area (Å²) in [5.74, 6) is 0.944. The minimum atomic E-state index is 0.00349. The summed E-state index contributed by atoms with van der Waals surface area (Å²) in [6.07, 6.45) is 0.498. The fraction of sp³-hybridized carbons (Fsp3) is 0.136. The number of carbonyl (C=O) groups is 1. The number of amides is 1. The van der Waals surface area contributed by atoms with Crippen molar-refractivity contribution in [1.82, 2.24) is 0 Å². The lowest BCUT2D eigenvalue weighted by Gasteiger charge is -2.41. The zero-order valence-electron chi connectivity index (χ0n) is 14.1. The van der Waals surface area contributed by atoms with E-state index < -0.39 is 0 Å². The molecule has 3 nitrogen and oxygen atoms in total. The molecule has 130 valence electrons. The van der Waals surface area contributed by atoms with Gasteiger partial charge >= 0.3 is 0 Å². The third-order valence-electron chi connectivity index (χ3n) is 4.55. The van der Waals surface area contributed by atoms with E-state index in [2.05, 4.69) is 15.9 Å². The van der Waals surface area contributed by atoms with Crippen LogP contribution in [0.5, 0.6) is 5.75 Å². The van der Waals surface area contributed by atoms with Crippen molar-refractivity contribution >= 4 is 27.5 Å². The lowest BCUT2D eigenvalue weighted by Crippen LogP contribution is -2.46. The number of para-hydroxylation sites is 1. The number of ether oxygens (including phenoxy) is 1. The number of nitrogens with zero attached hydrogens (tertiary/aromatic N) is 1. The van der Waals surface area contributed by atoms with Gasteiger partial charge < -0.3 is 9.64 Å². The van der Waals surface area contributed by atoms with E-state index in [0.717, 1.165) is 27.0 Å². The maximum absolute atomic E-state index is 12.2. The first-order valence-corrected chi connectivity index (χ1v) is 9.35. The molecule has 0 bridgehead atoms. The SMILES string of the molecule is O=C1CC(c2ccc(Br)cc2OCc2ccccc2)N1c1ccccc1. The Morgan fingerprint density at radius 1 is 0.962 bits per heavy atom. The molecule has 1 unspecified atom stereocenters. The molecule has 0 aromatic heterocycles. The van der Waals surface area contributed by atoms with Crippen LogP contribution >= 0.6 is 15.9 Å². The van der Waals surface area contributed by atoms with Crippen LogP contribution in [0.2, 0.25) is 0 Å². The van der Waals surface area contributed by atoms with E-state index in [1.165, 1.54) is 0 Å². The maximum Gasteiger partial charge on any atom is 0.230 e. The number of anilines is 1. The second-order valence-electron chi connectivity index (χ2n) is 6.28. The van der Waals surface area contributed by atoms with Gasteiger partial charge in [0, 0.05) is 15.7 Å². The fourth-order valence-electron chi connectivity index (χ4n) is 3.22. The van der Waals surface area contributed by atoms with Crippen molar-refractivity contribution in [3.8, 4) is 5.75 Å². The van der Waals surface area contributed by atoms with Gasteiger partial charge in [-0.1, -0.05) is 70.5 Å². The zero-order chi connectivity index (χ0) is 17.9. The number of hydrogen-bond acceptors (Lipinski definition) is 2. The fourth-order valence-corrected chi connectivity index (χ4v) is 3.56. The van der Waals surface area contributed by atoms with E-state index in [1.807, 2.05) is 83.8 Å². The first kappa shape index (κ1) is 16.9. The van der Waals surface area contributed by atoms with E-state index in [1.54, 1.807) is 0 Å². The van der Waals surface area contributed by atoms with Crippen molar-refractivity contribution in [1.29, 1.82) is 0 Å². The van der Waals surface area contributed by atoms with Crippen LogP contribution in [0.25, 0.3) is 0 Å². The molecule has 1 aliphatic rings. The lowest BCUT2D eigenvalue weighted by molar-refractivity contribution is -0.124. The molecule has 1 saturated heterocycles. The van der Waals surface area contributed by atoms with Crippen LogP contribution in [0.15, 0.2) is 83.3 Å². The highest BCUT2D eigenvalue weighted by Gasteiger charge is 2.39. The summed E-state index contributed by atoms with van der Waals surface area (Å²) in [4.78, 5) is 14.1. The molecular formula is C22H18BrNO2. The van der Waals surface area contributed by atoms with Crippen LogP contribution in [0.3, 0.4) is 0 Å². The molecule has 4 heteroatoms. The normalized spacial score (nSPS) is 16.3. The average Bonchev–Trinajstić information content (AvgIpc) is 2.66. The Labute approximate surface area is 161 Å². The summed E-state index contributed by atoms with van der Waals surface area (Å²) in [5.41, 5.74) is 3.07. The monoisotopic (exact) mass is 407 g/mol. The predicted octanol–water partition coefficient (Wildman–Crippen LogP) is 5.51. The molecule has 0 N–H and O–H groups in total. The minimum Gasteiger partial charge on any atom is -0.489 e. The topological polar surface area (TPSA) is 29.5 Å². The summed E-state index contributed by atoms with van der Waals surface area (Å²) in [6.45, 7) is 0.496. The number of halogens is 1. The Morgan fingerprint density at radius 2 is 1.65 bits per heavy atom. The van der Waals surface area contributed by atoms with Crippen molar-refractivity contribution in [2.24, 2.45) is 0 Å². The molecule has 1 aliphatic heterocycles. The van der Waals surface area contributed by atoms with Gasteiger partial charge in [-0.3, -0.25) is 4.79 Å². The highest BCUT2D eigenvalue weighted by Crippen LogP contribution is 2.43. The van der Waals surface area contributed by atoms with Gasteiger partial charge in [-0.05, 0) is 29.8 Å². The lowest BCUT2D eigenvalue weighted by atomic mass is 9.92. The first-order chi connectivity index (χ1) is 12.7. The van der Waals surface area contributed by atoms with Gasteiger partial charge in [0.1, 0.15) is 12.4 Å². The standard InChI is InChI=1S/C22H18BrNO2/c23-17-11-12-19(21(13-17)26-15-16-7-3-1-4-8-16)20-14-22(25)24(20)18-9-5-2-6-10-18/h1-13,20H,14-15H2. The molecule has 4 rings (SSSR count). The smallest absolute Gasteiger partial charge is 0.230 e. The highest BCUT2D eigenvalue weighted by molar-refractivity contribution is 9.10. The summed E-state index contributed by atoms with van der Waals surface area (Å²) in [5, 5.41) is 0. The molecule has 0 spiro atoms. The molecule has 0 saturated carbocycles. The van der Waals surface area contributed by atoms with Gasteiger partial charge in [0.2, 0.25) is 5.91 Å². The van der Waals surface area contributed by atoms with E-state index in [4.69, 9.17) is 4.74 Å². The maximum atomic E-state index is 12.2. The number of carbonyl (C=O) groups excluding carboxylic acids is 1. The molecule has 1 amide bonds. The second kappa shape index (κ2) is 7.34. The Balaban J connectivity index is 1.61. The molecule has 0 radical (unpaired) electrons. The Kier molecular flexibility index (Phi) is 4.76. The van der Waals surface area contributed by atoms with Crippen LogP contribution in [0.4, 0.5) is 5.69 Å². The largest absolute Gasteiger partial charge is 0.489 e. The van der Waals surface area contributed by atoms with Gasteiger partial charge in [-0.2, -0.15) is 0 Å². The van der Waals surface area contributed by atoms with Crippen LogP contribution in [-0.4, -0.2) is 5.91 Å². The third-order valence-corrected chi connectivity index (χ3v) is 5.05. The second-order valence-corrected chi connectivity index (χ2v) is 7.19. The van der Waals surface area contributed by atoms with Crippen LogP contribution in [0.1, 0.15) is 23.6 Å². The van der Waals surface area contributed by atoms with Crippen molar-refractivity contribution < 1.29 is 9.53 Å². The van der Waals surface area contributed by atoms with E-state index >= 15 is 0 Å².